The summed E-state index contributed by atoms with van der Waals surface area (Å²) in [6.45, 7) is 2.10. The summed E-state index contributed by atoms with van der Waals surface area (Å²) in [6, 6.07) is 8.13. The third-order valence-corrected chi connectivity index (χ3v) is 3.98. The molecule has 0 saturated carbocycles. The number of aryl methyl sites for hydroxylation is 1. The van der Waals surface area contributed by atoms with Crippen LogP contribution in [0.15, 0.2) is 24.4 Å². The highest BCUT2D eigenvalue weighted by Crippen LogP contribution is 2.29. The van der Waals surface area contributed by atoms with E-state index >= 15 is 0 Å². The molecule has 0 bridgehead atoms. The lowest BCUT2D eigenvalue weighted by atomic mass is 10.1. The lowest BCUT2D eigenvalue weighted by molar-refractivity contribution is 0.882. The van der Waals surface area contributed by atoms with E-state index in [1.165, 1.54) is 27.8 Å². The molecule has 2 heterocycles. The Morgan fingerprint density at radius 1 is 1.47 bits per heavy atom. The van der Waals surface area contributed by atoms with Crippen LogP contribution in [-0.4, -0.2) is 14.8 Å². The van der Waals surface area contributed by atoms with E-state index in [2.05, 4.69) is 23.1 Å². The Bertz CT molecular complexity index is 793. The minimum Gasteiger partial charge on any atom is -0.382 e. The van der Waals surface area contributed by atoms with Crippen molar-refractivity contribution in [2.75, 3.05) is 5.73 Å². The number of rotatable bonds is 2. The molecule has 0 aliphatic heterocycles. The molecule has 1 aromatic carbocycles. The molecular weight excluding hydrogens is 258 g/mol. The fraction of sp³-hybridized carbons (Fsp3) is 0.154. The van der Waals surface area contributed by atoms with Gasteiger partial charge < -0.3 is 5.73 Å². The van der Waals surface area contributed by atoms with E-state index in [1.54, 1.807) is 0 Å². The molecule has 0 atom stereocenters. The van der Waals surface area contributed by atoms with E-state index in [0.717, 1.165) is 16.6 Å². The van der Waals surface area contributed by atoms with Crippen LogP contribution >= 0.6 is 11.3 Å². The highest BCUT2D eigenvalue weighted by molar-refractivity contribution is 7.20. The monoisotopic (exact) mass is 269 g/mol. The topological polar surface area (TPSA) is 80.5 Å². The van der Waals surface area contributed by atoms with E-state index < -0.39 is 0 Å². The highest BCUT2D eigenvalue weighted by Gasteiger charge is 2.13. The molecule has 19 heavy (non-hydrogen) atoms. The Labute approximate surface area is 113 Å². The second-order valence-corrected chi connectivity index (χ2v) is 5.09. The quantitative estimate of drug-likeness (QED) is 0.775. The standard InChI is InChI=1S/C13H11N5S/c1-2-8-4-3-5-10-11(8)17-13(19-10)18-12(15)9(6-14)7-16-18/h3-5,7H,2,15H2,1H3. The molecule has 0 amide bonds. The summed E-state index contributed by atoms with van der Waals surface area (Å²) in [6.07, 6.45) is 2.39. The molecule has 5 nitrogen and oxygen atoms in total. The fourth-order valence-electron chi connectivity index (χ4n) is 1.97. The highest BCUT2D eigenvalue weighted by atomic mass is 32.1. The summed E-state index contributed by atoms with van der Waals surface area (Å²) in [5.41, 5.74) is 8.44. The summed E-state index contributed by atoms with van der Waals surface area (Å²) in [4.78, 5) is 4.59. The maximum atomic E-state index is 8.90. The van der Waals surface area contributed by atoms with Gasteiger partial charge in [0.2, 0.25) is 5.13 Å². The zero-order valence-electron chi connectivity index (χ0n) is 10.3. The normalized spacial score (nSPS) is 10.7. The number of hydrogen-bond donors (Lipinski definition) is 1. The molecule has 3 rings (SSSR count). The number of para-hydroxylation sites is 1. The van der Waals surface area contributed by atoms with E-state index in [0.29, 0.717) is 16.5 Å². The summed E-state index contributed by atoms with van der Waals surface area (Å²) >= 11 is 1.52. The van der Waals surface area contributed by atoms with Crippen molar-refractivity contribution in [3.63, 3.8) is 0 Å². The van der Waals surface area contributed by atoms with Crippen molar-refractivity contribution in [3.05, 3.63) is 35.5 Å². The van der Waals surface area contributed by atoms with Gasteiger partial charge in [0.15, 0.2) is 0 Å². The number of thiazole rings is 1. The summed E-state index contributed by atoms with van der Waals surface area (Å²) in [5.74, 6) is 0.333. The first-order valence-electron chi connectivity index (χ1n) is 5.87. The largest absolute Gasteiger partial charge is 0.382 e. The zero-order valence-corrected chi connectivity index (χ0v) is 11.1. The van der Waals surface area contributed by atoms with E-state index in [9.17, 15) is 0 Å². The molecule has 2 aromatic heterocycles. The molecule has 0 unspecified atom stereocenters. The molecule has 2 N–H and O–H groups in total. The predicted molar refractivity (Wildman–Crippen MR) is 75.2 cm³/mol. The van der Waals surface area contributed by atoms with Crippen LogP contribution in [0, 0.1) is 11.3 Å². The Morgan fingerprint density at radius 2 is 2.32 bits per heavy atom. The van der Waals surface area contributed by atoms with Crippen LogP contribution in [0.5, 0.6) is 0 Å². The number of anilines is 1. The van der Waals surface area contributed by atoms with Gasteiger partial charge in [-0.25, -0.2) is 4.98 Å². The van der Waals surface area contributed by atoms with E-state index in [4.69, 9.17) is 11.0 Å². The van der Waals surface area contributed by atoms with Crippen molar-refractivity contribution in [2.24, 2.45) is 0 Å². The van der Waals surface area contributed by atoms with Crippen LogP contribution in [0.1, 0.15) is 18.1 Å². The number of fused-ring (bicyclic) bond motifs is 1. The lowest BCUT2D eigenvalue weighted by Gasteiger charge is -1.97. The van der Waals surface area contributed by atoms with Crippen molar-refractivity contribution >= 4 is 27.4 Å². The molecule has 3 aromatic rings. The Morgan fingerprint density at radius 3 is 3.00 bits per heavy atom. The average Bonchev–Trinajstić information content (AvgIpc) is 3.00. The molecule has 0 fully saturated rings. The van der Waals surface area contributed by atoms with Crippen LogP contribution in [0.3, 0.4) is 0 Å². The van der Waals surface area contributed by atoms with Gasteiger partial charge in [0.25, 0.3) is 0 Å². The van der Waals surface area contributed by atoms with E-state index in [-0.39, 0.29) is 0 Å². The van der Waals surface area contributed by atoms with Crippen molar-refractivity contribution in [2.45, 2.75) is 13.3 Å². The summed E-state index contributed by atoms with van der Waals surface area (Å²) in [7, 11) is 0. The number of benzene rings is 1. The van der Waals surface area contributed by atoms with Crippen molar-refractivity contribution in [1.82, 2.24) is 14.8 Å². The Hall–Kier alpha value is -2.39. The summed E-state index contributed by atoms with van der Waals surface area (Å²) in [5, 5.41) is 13.7. The van der Waals surface area contributed by atoms with Crippen LogP contribution in [0.25, 0.3) is 15.3 Å². The van der Waals surface area contributed by atoms with Gasteiger partial charge in [0.05, 0.1) is 16.4 Å². The molecule has 0 spiro atoms. The average molecular weight is 269 g/mol. The van der Waals surface area contributed by atoms with Gasteiger partial charge in [0.1, 0.15) is 17.5 Å². The number of aromatic nitrogens is 3. The smallest absolute Gasteiger partial charge is 0.213 e. The van der Waals surface area contributed by atoms with Crippen LogP contribution < -0.4 is 5.73 Å². The summed E-state index contributed by atoms with van der Waals surface area (Å²) < 4.78 is 2.62. The molecule has 0 saturated heterocycles. The van der Waals surface area contributed by atoms with Gasteiger partial charge in [-0.3, -0.25) is 0 Å². The number of hydrogen-bond acceptors (Lipinski definition) is 5. The lowest BCUT2D eigenvalue weighted by Crippen LogP contribution is -2.01. The van der Waals surface area contributed by atoms with Crippen molar-refractivity contribution in [1.29, 1.82) is 5.26 Å². The SMILES string of the molecule is CCc1cccc2sc(-n3ncc(C#N)c3N)nc12. The second kappa shape index (κ2) is 4.37. The first-order chi connectivity index (χ1) is 9.24. The number of nitrogens with two attached hydrogens (primary N) is 1. The predicted octanol–water partition coefficient (Wildman–Crippen LogP) is 2.50. The third-order valence-electron chi connectivity index (χ3n) is 2.98. The molecule has 6 heteroatoms. The Balaban J connectivity index is 2.21. The van der Waals surface area contributed by atoms with Gasteiger partial charge in [-0.1, -0.05) is 30.4 Å². The second-order valence-electron chi connectivity index (χ2n) is 4.08. The van der Waals surface area contributed by atoms with Gasteiger partial charge in [0, 0.05) is 0 Å². The maximum absolute atomic E-state index is 8.90. The van der Waals surface area contributed by atoms with E-state index in [1.807, 2.05) is 18.2 Å². The minimum atomic E-state index is 0.333. The molecule has 94 valence electrons. The zero-order chi connectivity index (χ0) is 13.4. The van der Waals surface area contributed by atoms with Crippen LogP contribution in [-0.2, 0) is 6.42 Å². The van der Waals surface area contributed by atoms with Crippen molar-refractivity contribution < 1.29 is 0 Å². The molecule has 0 aliphatic carbocycles. The number of nitrogens with zero attached hydrogens (tertiary/aromatic N) is 4. The molecule has 0 radical (unpaired) electrons. The van der Waals surface area contributed by atoms with Crippen LogP contribution in [0.4, 0.5) is 5.82 Å². The molecular formula is C13H11N5S. The minimum absolute atomic E-state index is 0.333. The van der Waals surface area contributed by atoms with Gasteiger partial charge in [-0.05, 0) is 18.1 Å². The maximum Gasteiger partial charge on any atom is 0.213 e. The fourth-order valence-corrected chi connectivity index (χ4v) is 2.95. The number of nitrogen functional groups attached to an aromatic ring is 1. The third kappa shape index (κ3) is 1.75. The van der Waals surface area contributed by atoms with Gasteiger partial charge in [-0.2, -0.15) is 15.0 Å². The van der Waals surface area contributed by atoms with Crippen LogP contribution in [0.2, 0.25) is 0 Å². The Kier molecular flexibility index (Phi) is 2.69. The van der Waals surface area contributed by atoms with Crippen molar-refractivity contribution in [3.8, 4) is 11.2 Å². The first kappa shape index (κ1) is 11.7. The molecule has 0 aliphatic rings. The number of nitriles is 1. The van der Waals surface area contributed by atoms with Gasteiger partial charge >= 0.3 is 0 Å². The van der Waals surface area contributed by atoms with Gasteiger partial charge in [-0.15, -0.1) is 0 Å². The first-order valence-corrected chi connectivity index (χ1v) is 6.68.